The van der Waals surface area contributed by atoms with Crippen LogP contribution in [-0.4, -0.2) is 21.6 Å². The van der Waals surface area contributed by atoms with Gasteiger partial charge in [0.25, 0.3) is 0 Å². The smallest absolute Gasteiger partial charge is 0.247 e. The lowest BCUT2D eigenvalue weighted by Gasteiger charge is -2.06. The Morgan fingerprint density at radius 2 is 1.80 bits per heavy atom. The number of benzene rings is 2. The zero-order valence-electron chi connectivity index (χ0n) is 14.5. The van der Waals surface area contributed by atoms with E-state index in [1.165, 1.54) is 10.2 Å². The van der Waals surface area contributed by atoms with Crippen LogP contribution in [0.1, 0.15) is 34.3 Å². The standard InChI is InChI=1S/C20H21N3O2/c1-14-6-8-16(9-7-14)12-21-19(24)10-11-20(25)23-18-5-3-4-15(2)17(18)13-22-23/h3-9,13H,10-12H2,1-2H3,(H,21,24). The summed E-state index contributed by atoms with van der Waals surface area (Å²) < 4.78 is 1.38. The van der Waals surface area contributed by atoms with E-state index in [9.17, 15) is 9.59 Å². The van der Waals surface area contributed by atoms with E-state index in [1.54, 1.807) is 6.20 Å². The molecule has 128 valence electrons. The molecule has 2 aromatic carbocycles. The first-order chi connectivity index (χ1) is 12.0. The fourth-order valence-corrected chi connectivity index (χ4v) is 2.72. The van der Waals surface area contributed by atoms with Crippen molar-refractivity contribution in [1.29, 1.82) is 0 Å². The normalized spacial score (nSPS) is 10.8. The Hall–Kier alpha value is -2.95. The third-order valence-corrected chi connectivity index (χ3v) is 4.24. The van der Waals surface area contributed by atoms with Crippen LogP contribution < -0.4 is 5.32 Å². The summed E-state index contributed by atoms with van der Waals surface area (Å²) in [5.41, 5.74) is 4.08. The molecule has 0 unspecified atom stereocenters. The number of nitrogens with one attached hydrogen (secondary N) is 1. The van der Waals surface area contributed by atoms with Crippen LogP contribution in [0, 0.1) is 13.8 Å². The van der Waals surface area contributed by atoms with E-state index in [-0.39, 0.29) is 24.7 Å². The number of aromatic nitrogens is 2. The van der Waals surface area contributed by atoms with Crippen molar-refractivity contribution in [2.24, 2.45) is 0 Å². The second-order valence-electron chi connectivity index (χ2n) is 6.22. The molecule has 0 fully saturated rings. The molecule has 0 bridgehead atoms. The number of amides is 1. The molecule has 25 heavy (non-hydrogen) atoms. The molecule has 0 radical (unpaired) electrons. The van der Waals surface area contributed by atoms with Gasteiger partial charge < -0.3 is 5.32 Å². The number of rotatable bonds is 5. The summed E-state index contributed by atoms with van der Waals surface area (Å²) >= 11 is 0. The monoisotopic (exact) mass is 335 g/mol. The van der Waals surface area contributed by atoms with Gasteiger partial charge in [-0.1, -0.05) is 42.0 Å². The van der Waals surface area contributed by atoms with Gasteiger partial charge in [0.2, 0.25) is 11.8 Å². The molecular weight excluding hydrogens is 314 g/mol. The molecule has 0 saturated carbocycles. The van der Waals surface area contributed by atoms with E-state index < -0.39 is 0 Å². The van der Waals surface area contributed by atoms with Crippen molar-refractivity contribution in [1.82, 2.24) is 15.1 Å². The predicted octanol–water partition coefficient (Wildman–Crippen LogP) is 3.39. The molecule has 0 saturated heterocycles. The van der Waals surface area contributed by atoms with Gasteiger partial charge in [-0.15, -0.1) is 0 Å². The van der Waals surface area contributed by atoms with E-state index in [2.05, 4.69) is 10.4 Å². The summed E-state index contributed by atoms with van der Waals surface area (Å²) in [6.45, 7) is 4.48. The number of hydrogen-bond acceptors (Lipinski definition) is 3. The molecule has 5 heteroatoms. The molecule has 3 aromatic rings. The Labute approximate surface area is 146 Å². The van der Waals surface area contributed by atoms with Gasteiger partial charge in [-0.2, -0.15) is 5.10 Å². The Balaban J connectivity index is 1.55. The largest absolute Gasteiger partial charge is 0.352 e. The minimum atomic E-state index is -0.175. The molecule has 1 amide bonds. The fourth-order valence-electron chi connectivity index (χ4n) is 2.72. The average molecular weight is 335 g/mol. The minimum Gasteiger partial charge on any atom is -0.352 e. The van der Waals surface area contributed by atoms with Crippen molar-refractivity contribution in [2.45, 2.75) is 33.2 Å². The van der Waals surface area contributed by atoms with Crippen molar-refractivity contribution in [2.75, 3.05) is 0 Å². The van der Waals surface area contributed by atoms with E-state index in [0.717, 1.165) is 22.0 Å². The highest BCUT2D eigenvalue weighted by atomic mass is 16.2. The number of fused-ring (bicyclic) bond motifs is 1. The van der Waals surface area contributed by atoms with Crippen LogP contribution in [0.3, 0.4) is 0 Å². The lowest BCUT2D eigenvalue weighted by molar-refractivity contribution is -0.121. The van der Waals surface area contributed by atoms with Crippen LogP contribution in [-0.2, 0) is 11.3 Å². The lowest BCUT2D eigenvalue weighted by Crippen LogP contribution is -2.24. The second-order valence-corrected chi connectivity index (χ2v) is 6.22. The Kier molecular flexibility index (Phi) is 4.93. The van der Waals surface area contributed by atoms with E-state index in [4.69, 9.17) is 0 Å². The summed E-state index contributed by atoms with van der Waals surface area (Å²) in [4.78, 5) is 24.3. The van der Waals surface area contributed by atoms with Gasteiger partial charge in [0, 0.05) is 24.8 Å². The van der Waals surface area contributed by atoms with Crippen molar-refractivity contribution in [3.05, 3.63) is 65.4 Å². The first kappa shape index (κ1) is 16.9. The minimum absolute atomic E-state index is 0.129. The van der Waals surface area contributed by atoms with Gasteiger partial charge in [-0.05, 0) is 31.0 Å². The van der Waals surface area contributed by atoms with Crippen LogP contribution in [0.2, 0.25) is 0 Å². The Morgan fingerprint density at radius 3 is 2.56 bits per heavy atom. The molecule has 1 N–H and O–H groups in total. The van der Waals surface area contributed by atoms with Crippen LogP contribution in [0.5, 0.6) is 0 Å². The van der Waals surface area contributed by atoms with Gasteiger partial charge in [-0.3, -0.25) is 9.59 Å². The molecule has 3 rings (SSSR count). The maximum absolute atomic E-state index is 12.4. The third kappa shape index (κ3) is 3.94. The van der Waals surface area contributed by atoms with Crippen LogP contribution in [0.25, 0.3) is 10.9 Å². The summed E-state index contributed by atoms with van der Waals surface area (Å²) in [6, 6.07) is 13.7. The molecule has 0 spiro atoms. The van der Waals surface area contributed by atoms with Gasteiger partial charge in [0.05, 0.1) is 11.7 Å². The molecule has 0 atom stereocenters. The third-order valence-electron chi connectivity index (χ3n) is 4.24. The van der Waals surface area contributed by atoms with Crippen LogP contribution in [0.4, 0.5) is 0 Å². The van der Waals surface area contributed by atoms with Crippen molar-refractivity contribution in [3.8, 4) is 0 Å². The lowest BCUT2D eigenvalue weighted by atomic mass is 10.1. The highest BCUT2D eigenvalue weighted by Crippen LogP contribution is 2.18. The predicted molar refractivity (Wildman–Crippen MR) is 97.4 cm³/mol. The van der Waals surface area contributed by atoms with E-state index in [0.29, 0.717) is 6.54 Å². The molecule has 1 aromatic heterocycles. The zero-order valence-corrected chi connectivity index (χ0v) is 14.5. The summed E-state index contributed by atoms with van der Waals surface area (Å²) in [5.74, 6) is -0.312. The fraction of sp³-hybridized carbons (Fsp3) is 0.250. The van der Waals surface area contributed by atoms with Gasteiger partial charge in [0.15, 0.2) is 0 Å². The molecule has 1 heterocycles. The molecule has 0 aliphatic heterocycles. The van der Waals surface area contributed by atoms with Gasteiger partial charge in [-0.25, -0.2) is 4.68 Å². The van der Waals surface area contributed by atoms with Crippen molar-refractivity contribution >= 4 is 22.7 Å². The van der Waals surface area contributed by atoms with Gasteiger partial charge >= 0.3 is 0 Å². The van der Waals surface area contributed by atoms with Crippen LogP contribution in [0.15, 0.2) is 48.7 Å². The topological polar surface area (TPSA) is 64.0 Å². The number of hydrogen-bond donors (Lipinski definition) is 1. The second kappa shape index (κ2) is 7.30. The summed E-state index contributed by atoms with van der Waals surface area (Å²) in [7, 11) is 0. The summed E-state index contributed by atoms with van der Waals surface area (Å²) in [5, 5.41) is 7.97. The quantitative estimate of drug-likeness (QED) is 0.777. The summed E-state index contributed by atoms with van der Waals surface area (Å²) in [6.07, 6.45) is 1.97. The van der Waals surface area contributed by atoms with Crippen molar-refractivity contribution in [3.63, 3.8) is 0 Å². The van der Waals surface area contributed by atoms with E-state index >= 15 is 0 Å². The molecule has 5 nitrogen and oxygen atoms in total. The first-order valence-electron chi connectivity index (χ1n) is 8.33. The Morgan fingerprint density at radius 1 is 1.04 bits per heavy atom. The average Bonchev–Trinajstić information content (AvgIpc) is 3.05. The maximum atomic E-state index is 12.4. The number of aryl methyl sites for hydroxylation is 2. The number of carbonyl (C=O) groups excluding carboxylic acids is 2. The van der Waals surface area contributed by atoms with Gasteiger partial charge in [0.1, 0.15) is 0 Å². The number of carbonyl (C=O) groups is 2. The van der Waals surface area contributed by atoms with Crippen LogP contribution >= 0.6 is 0 Å². The molecular formula is C20H21N3O2. The highest BCUT2D eigenvalue weighted by Gasteiger charge is 2.13. The van der Waals surface area contributed by atoms with Crippen molar-refractivity contribution < 1.29 is 9.59 Å². The van der Waals surface area contributed by atoms with E-state index in [1.807, 2.05) is 56.3 Å². The zero-order chi connectivity index (χ0) is 17.8. The maximum Gasteiger partial charge on any atom is 0.247 e. The number of nitrogens with zero attached hydrogens (tertiary/aromatic N) is 2. The first-order valence-corrected chi connectivity index (χ1v) is 8.33. The molecule has 0 aliphatic carbocycles. The SMILES string of the molecule is Cc1ccc(CNC(=O)CCC(=O)n2ncc3c(C)cccc32)cc1. The molecule has 0 aliphatic rings. The Bertz CT molecular complexity index is 910. The highest BCUT2D eigenvalue weighted by molar-refractivity contribution is 5.93.